The molecule has 0 fully saturated rings. The van der Waals surface area contributed by atoms with E-state index in [4.69, 9.17) is 10.8 Å². The van der Waals surface area contributed by atoms with E-state index in [0.717, 1.165) is 0 Å². The van der Waals surface area contributed by atoms with Crippen LogP contribution in [0.15, 0.2) is 11.0 Å². The highest BCUT2D eigenvalue weighted by molar-refractivity contribution is 5.79. The largest absolute Gasteiger partial charge is 0.480 e. The summed E-state index contributed by atoms with van der Waals surface area (Å²) < 4.78 is 0. The zero-order valence-electron chi connectivity index (χ0n) is 8.78. The fourth-order valence-corrected chi connectivity index (χ4v) is 1.56. The molecule has 0 aliphatic rings. The maximum atomic E-state index is 11.6. The van der Waals surface area contributed by atoms with Crippen molar-refractivity contribution in [1.29, 1.82) is 0 Å². The number of hydrogen-bond donors (Lipinski definition) is 5. The number of carboxylic acids is 1. The molecule has 0 aliphatic heterocycles. The maximum absolute atomic E-state index is 11.6. The van der Waals surface area contributed by atoms with E-state index in [9.17, 15) is 9.59 Å². The number of anilines is 1. The van der Waals surface area contributed by atoms with Crippen LogP contribution in [0.3, 0.4) is 0 Å². The first-order valence-corrected chi connectivity index (χ1v) is 4.86. The van der Waals surface area contributed by atoms with Crippen LogP contribution in [0.2, 0.25) is 0 Å². The molecule has 0 aliphatic carbocycles. The lowest BCUT2D eigenvalue weighted by Crippen LogP contribution is -2.22. The first-order valence-electron chi connectivity index (χ1n) is 4.86. The third-order valence-corrected chi connectivity index (χ3v) is 2.23. The molecule has 90 valence electrons. The van der Waals surface area contributed by atoms with Crippen LogP contribution in [0, 0.1) is 0 Å². The molecule has 0 unspecified atom stereocenters. The molecule has 0 atom stereocenters. The van der Waals surface area contributed by atoms with E-state index in [0.29, 0.717) is 16.6 Å². The molecule has 0 saturated carbocycles. The Balaban J connectivity index is 2.30. The van der Waals surface area contributed by atoms with Crippen molar-refractivity contribution in [2.45, 2.75) is 6.54 Å². The number of nitrogen functional groups attached to an aromatic ring is 1. The number of H-pyrrole nitrogens is 2. The molecular weight excluding hydrogens is 226 g/mol. The first kappa shape index (κ1) is 11.1. The number of carboxylic acid groups (broad SMARTS) is 1. The lowest BCUT2D eigenvalue weighted by molar-refractivity contribution is -0.135. The van der Waals surface area contributed by atoms with E-state index < -0.39 is 5.97 Å². The predicted octanol–water partition coefficient (Wildman–Crippen LogP) is -0.992. The lowest BCUT2D eigenvalue weighted by Gasteiger charge is -1.99. The minimum atomic E-state index is -0.957. The Bertz CT molecular complexity index is 615. The summed E-state index contributed by atoms with van der Waals surface area (Å²) in [6.07, 6.45) is 1.60. The average Bonchev–Trinajstić information content (AvgIpc) is 2.60. The number of fused-ring (bicyclic) bond motifs is 1. The highest BCUT2D eigenvalue weighted by Gasteiger charge is 2.09. The number of aromatic amines is 2. The molecule has 2 rings (SSSR count). The third-order valence-electron chi connectivity index (χ3n) is 2.23. The Kier molecular flexibility index (Phi) is 2.79. The molecule has 8 nitrogen and oxygen atoms in total. The summed E-state index contributed by atoms with van der Waals surface area (Å²) in [6, 6.07) is 0. The van der Waals surface area contributed by atoms with Gasteiger partial charge >= 0.3 is 5.97 Å². The second-order valence-electron chi connectivity index (χ2n) is 3.49. The Morgan fingerprint density at radius 3 is 3.06 bits per heavy atom. The van der Waals surface area contributed by atoms with Gasteiger partial charge in [0, 0.05) is 12.7 Å². The van der Waals surface area contributed by atoms with Crippen LogP contribution in [0.1, 0.15) is 5.56 Å². The molecule has 0 spiro atoms. The fourth-order valence-electron chi connectivity index (χ4n) is 1.56. The number of carbonyl (C=O) groups is 1. The number of hydrogen-bond acceptors (Lipinski definition) is 5. The lowest BCUT2D eigenvalue weighted by atomic mass is 10.2. The summed E-state index contributed by atoms with van der Waals surface area (Å²) in [7, 11) is 0. The minimum absolute atomic E-state index is 0.0365. The monoisotopic (exact) mass is 237 g/mol. The molecule has 0 radical (unpaired) electrons. The van der Waals surface area contributed by atoms with E-state index in [1.807, 2.05) is 0 Å². The molecule has 2 heterocycles. The van der Waals surface area contributed by atoms with Crippen molar-refractivity contribution in [3.05, 3.63) is 22.1 Å². The van der Waals surface area contributed by atoms with Gasteiger partial charge in [0.25, 0.3) is 5.56 Å². The second-order valence-corrected chi connectivity index (χ2v) is 3.49. The first-order chi connectivity index (χ1) is 8.08. The molecule has 2 aromatic rings. The molecule has 8 heteroatoms. The fraction of sp³-hybridized carbons (Fsp3) is 0.222. The smallest absolute Gasteiger partial charge is 0.317 e. The van der Waals surface area contributed by atoms with E-state index in [1.54, 1.807) is 6.20 Å². The molecule has 2 aromatic heterocycles. The highest BCUT2D eigenvalue weighted by atomic mass is 16.4. The molecule has 0 saturated heterocycles. The standard InChI is InChI=1S/C9H11N5O3/c10-9-13-7-6(8(17)14-9)4(2-12-7)1-11-3-5(15)16/h2,11H,1,3H2,(H,15,16)(H4,10,12,13,14,17). The van der Waals surface area contributed by atoms with Gasteiger partial charge in [0.2, 0.25) is 5.95 Å². The van der Waals surface area contributed by atoms with Crippen LogP contribution in [-0.2, 0) is 11.3 Å². The van der Waals surface area contributed by atoms with Crippen molar-refractivity contribution >= 4 is 23.0 Å². The summed E-state index contributed by atoms with van der Waals surface area (Å²) in [5, 5.41) is 11.6. The molecular formula is C9H11N5O3. The quantitative estimate of drug-likeness (QED) is 0.463. The van der Waals surface area contributed by atoms with Crippen LogP contribution in [0.4, 0.5) is 5.95 Å². The van der Waals surface area contributed by atoms with Crippen LogP contribution >= 0.6 is 0 Å². The van der Waals surface area contributed by atoms with E-state index in [-0.39, 0.29) is 24.6 Å². The Labute approximate surface area is 94.9 Å². The summed E-state index contributed by atoms with van der Waals surface area (Å²) in [5.74, 6) is -0.921. The zero-order chi connectivity index (χ0) is 12.4. The van der Waals surface area contributed by atoms with Gasteiger partial charge in [-0.05, 0) is 5.56 Å². The summed E-state index contributed by atoms with van der Waals surface area (Å²) in [4.78, 5) is 31.1. The number of rotatable bonds is 4. The van der Waals surface area contributed by atoms with Gasteiger partial charge in [-0.1, -0.05) is 0 Å². The Morgan fingerprint density at radius 2 is 2.35 bits per heavy atom. The third kappa shape index (κ3) is 2.26. The second kappa shape index (κ2) is 4.26. The SMILES string of the molecule is Nc1nc2[nH]cc(CNCC(=O)O)c2c(=O)[nH]1. The number of aromatic nitrogens is 3. The Morgan fingerprint density at radius 1 is 1.59 bits per heavy atom. The van der Waals surface area contributed by atoms with E-state index in [2.05, 4.69) is 20.3 Å². The van der Waals surface area contributed by atoms with Gasteiger partial charge in [0.15, 0.2) is 0 Å². The number of aliphatic carboxylic acids is 1. The van der Waals surface area contributed by atoms with Gasteiger partial charge in [-0.15, -0.1) is 0 Å². The van der Waals surface area contributed by atoms with Crippen molar-refractivity contribution in [3.63, 3.8) is 0 Å². The maximum Gasteiger partial charge on any atom is 0.317 e. The van der Waals surface area contributed by atoms with Crippen LogP contribution in [-0.4, -0.2) is 32.6 Å². The van der Waals surface area contributed by atoms with Crippen molar-refractivity contribution in [2.24, 2.45) is 0 Å². The molecule has 17 heavy (non-hydrogen) atoms. The predicted molar refractivity (Wildman–Crippen MR) is 60.5 cm³/mol. The Hall–Kier alpha value is -2.35. The zero-order valence-corrected chi connectivity index (χ0v) is 8.78. The van der Waals surface area contributed by atoms with Gasteiger partial charge in [-0.2, -0.15) is 4.98 Å². The van der Waals surface area contributed by atoms with Crippen molar-refractivity contribution in [1.82, 2.24) is 20.3 Å². The number of nitrogens with zero attached hydrogens (tertiary/aromatic N) is 1. The normalized spacial score (nSPS) is 10.8. The summed E-state index contributed by atoms with van der Waals surface area (Å²) in [6.45, 7) is 0.0912. The van der Waals surface area contributed by atoms with Gasteiger partial charge in [0.05, 0.1) is 11.9 Å². The van der Waals surface area contributed by atoms with E-state index in [1.165, 1.54) is 0 Å². The van der Waals surface area contributed by atoms with Crippen LogP contribution < -0.4 is 16.6 Å². The average molecular weight is 237 g/mol. The number of nitrogens with two attached hydrogens (primary N) is 1. The van der Waals surface area contributed by atoms with E-state index >= 15 is 0 Å². The van der Waals surface area contributed by atoms with Gasteiger partial charge in [-0.25, -0.2) is 0 Å². The molecule has 0 bridgehead atoms. The van der Waals surface area contributed by atoms with Crippen molar-refractivity contribution in [2.75, 3.05) is 12.3 Å². The van der Waals surface area contributed by atoms with Gasteiger partial charge < -0.3 is 21.1 Å². The summed E-state index contributed by atoms with van der Waals surface area (Å²) >= 11 is 0. The summed E-state index contributed by atoms with van der Waals surface area (Å²) in [5.41, 5.74) is 6.08. The highest BCUT2D eigenvalue weighted by Crippen LogP contribution is 2.11. The van der Waals surface area contributed by atoms with Crippen LogP contribution in [0.5, 0.6) is 0 Å². The molecule has 6 N–H and O–H groups in total. The molecule has 0 aromatic carbocycles. The van der Waals surface area contributed by atoms with Crippen molar-refractivity contribution < 1.29 is 9.90 Å². The van der Waals surface area contributed by atoms with Gasteiger partial charge in [-0.3, -0.25) is 14.6 Å². The number of nitrogens with one attached hydrogen (secondary N) is 3. The molecule has 0 amide bonds. The van der Waals surface area contributed by atoms with Gasteiger partial charge in [0.1, 0.15) is 5.65 Å². The van der Waals surface area contributed by atoms with Crippen molar-refractivity contribution in [3.8, 4) is 0 Å². The topological polar surface area (TPSA) is 137 Å². The minimum Gasteiger partial charge on any atom is -0.480 e. The van der Waals surface area contributed by atoms with Crippen LogP contribution in [0.25, 0.3) is 11.0 Å².